The molecule has 3 rings (SSSR count). The van der Waals surface area contributed by atoms with Gasteiger partial charge in [-0.15, -0.1) is 0 Å². The highest BCUT2D eigenvalue weighted by molar-refractivity contribution is 7.92. The van der Waals surface area contributed by atoms with Gasteiger partial charge in [0.05, 0.1) is 16.6 Å². The standard InChI is InChI=1S/C17H17N3O2S/c18-12-16-17(23(21,22)13-6-2-1-3-7-13)10-9-15(20-16)14-8-4-5-11-19-14/h4-5,8-11,13H,1-3,6-7H2. The van der Waals surface area contributed by atoms with Crippen LogP contribution >= 0.6 is 0 Å². The molecule has 0 aliphatic heterocycles. The molecule has 0 spiro atoms. The summed E-state index contributed by atoms with van der Waals surface area (Å²) in [7, 11) is -3.51. The van der Waals surface area contributed by atoms with Gasteiger partial charge in [-0.3, -0.25) is 4.98 Å². The Balaban J connectivity index is 2.02. The van der Waals surface area contributed by atoms with Crippen LogP contribution < -0.4 is 0 Å². The number of rotatable bonds is 3. The van der Waals surface area contributed by atoms with Crippen molar-refractivity contribution < 1.29 is 8.42 Å². The van der Waals surface area contributed by atoms with Crippen molar-refractivity contribution in [2.45, 2.75) is 42.2 Å². The van der Waals surface area contributed by atoms with E-state index in [0.717, 1.165) is 19.3 Å². The van der Waals surface area contributed by atoms with Gasteiger partial charge in [0.1, 0.15) is 11.0 Å². The van der Waals surface area contributed by atoms with Gasteiger partial charge < -0.3 is 0 Å². The van der Waals surface area contributed by atoms with Crippen LogP contribution in [0.25, 0.3) is 11.4 Å². The van der Waals surface area contributed by atoms with E-state index >= 15 is 0 Å². The van der Waals surface area contributed by atoms with E-state index in [1.54, 1.807) is 24.4 Å². The maximum atomic E-state index is 12.8. The van der Waals surface area contributed by atoms with E-state index in [0.29, 0.717) is 24.2 Å². The number of hydrogen-bond donors (Lipinski definition) is 0. The molecule has 0 saturated heterocycles. The van der Waals surface area contributed by atoms with Gasteiger partial charge in [-0.1, -0.05) is 25.3 Å². The van der Waals surface area contributed by atoms with Crippen molar-refractivity contribution >= 4 is 9.84 Å². The predicted molar refractivity (Wildman–Crippen MR) is 86.2 cm³/mol. The van der Waals surface area contributed by atoms with E-state index < -0.39 is 15.1 Å². The van der Waals surface area contributed by atoms with Gasteiger partial charge in [0, 0.05) is 6.20 Å². The third kappa shape index (κ3) is 3.10. The summed E-state index contributed by atoms with van der Waals surface area (Å²) >= 11 is 0. The second-order valence-electron chi connectivity index (χ2n) is 5.68. The third-order valence-corrected chi connectivity index (χ3v) is 6.48. The molecule has 1 fully saturated rings. The minimum Gasteiger partial charge on any atom is -0.255 e. The molecule has 2 heterocycles. The van der Waals surface area contributed by atoms with E-state index in [1.165, 1.54) is 6.07 Å². The smallest absolute Gasteiger partial charge is 0.184 e. The van der Waals surface area contributed by atoms with Crippen LogP contribution in [0.2, 0.25) is 0 Å². The molecule has 0 aromatic carbocycles. The van der Waals surface area contributed by atoms with Crippen LogP contribution in [-0.4, -0.2) is 23.6 Å². The van der Waals surface area contributed by atoms with Crippen molar-refractivity contribution in [2.75, 3.05) is 0 Å². The Hall–Kier alpha value is -2.26. The predicted octanol–water partition coefficient (Wildman–Crippen LogP) is 3.12. The molecular formula is C17H17N3O2S. The first-order chi connectivity index (χ1) is 11.1. The SMILES string of the molecule is N#Cc1nc(-c2ccccn2)ccc1S(=O)(=O)C1CCCCC1. The average Bonchev–Trinajstić information content (AvgIpc) is 2.62. The average molecular weight is 327 g/mol. The molecule has 2 aromatic rings. The molecule has 0 unspecified atom stereocenters. The fraction of sp³-hybridized carbons (Fsp3) is 0.353. The van der Waals surface area contributed by atoms with Crippen LogP contribution in [0.4, 0.5) is 0 Å². The summed E-state index contributed by atoms with van der Waals surface area (Å²) in [6.45, 7) is 0. The van der Waals surface area contributed by atoms with Crippen LogP contribution in [0.3, 0.4) is 0 Å². The molecule has 1 saturated carbocycles. The molecule has 0 atom stereocenters. The number of hydrogen-bond acceptors (Lipinski definition) is 5. The fourth-order valence-corrected chi connectivity index (χ4v) is 4.90. The summed E-state index contributed by atoms with van der Waals surface area (Å²) < 4.78 is 25.6. The number of aromatic nitrogens is 2. The van der Waals surface area contributed by atoms with Gasteiger partial charge in [0.2, 0.25) is 0 Å². The van der Waals surface area contributed by atoms with Crippen LogP contribution in [0, 0.1) is 11.3 Å². The molecule has 2 aromatic heterocycles. The maximum Gasteiger partial charge on any atom is 0.184 e. The minimum atomic E-state index is -3.51. The molecular weight excluding hydrogens is 310 g/mol. The Labute approximate surface area is 135 Å². The summed E-state index contributed by atoms with van der Waals surface area (Å²) in [6, 6.07) is 10.4. The van der Waals surface area contributed by atoms with Crippen molar-refractivity contribution in [1.29, 1.82) is 5.26 Å². The molecule has 0 N–H and O–H groups in total. The Morgan fingerprint density at radius 3 is 2.48 bits per heavy atom. The lowest BCUT2D eigenvalue weighted by Crippen LogP contribution is -2.25. The van der Waals surface area contributed by atoms with Crippen LogP contribution in [0.15, 0.2) is 41.4 Å². The highest BCUT2D eigenvalue weighted by Crippen LogP contribution is 2.30. The first kappa shape index (κ1) is 15.6. The van der Waals surface area contributed by atoms with Crippen molar-refractivity contribution in [3.05, 3.63) is 42.2 Å². The summed E-state index contributed by atoms with van der Waals surface area (Å²) in [4.78, 5) is 8.45. The van der Waals surface area contributed by atoms with Gasteiger partial charge in [-0.05, 0) is 37.1 Å². The monoisotopic (exact) mass is 327 g/mol. The molecule has 5 nitrogen and oxygen atoms in total. The summed E-state index contributed by atoms with van der Waals surface area (Å²) in [5.74, 6) is 0. The Kier molecular flexibility index (Phi) is 4.39. The van der Waals surface area contributed by atoms with Gasteiger partial charge in [-0.2, -0.15) is 5.26 Å². The molecule has 6 heteroatoms. The minimum absolute atomic E-state index is 0.0428. The summed E-state index contributed by atoms with van der Waals surface area (Å²) in [5.41, 5.74) is 1.08. The van der Waals surface area contributed by atoms with Crippen LogP contribution in [0.5, 0.6) is 0 Å². The fourth-order valence-electron chi connectivity index (χ4n) is 2.97. The number of sulfone groups is 1. The van der Waals surface area contributed by atoms with Crippen LogP contribution in [0.1, 0.15) is 37.8 Å². The van der Waals surface area contributed by atoms with E-state index in [9.17, 15) is 13.7 Å². The van der Waals surface area contributed by atoms with Crippen LogP contribution in [-0.2, 0) is 9.84 Å². The van der Waals surface area contributed by atoms with Crippen molar-refractivity contribution in [1.82, 2.24) is 9.97 Å². The normalized spacial score (nSPS) is 16.0. The molecule has 0 bridgehead atoms. The first-order valence-electron chi connectivity index (χ1n) is 7.69. The molecule has 1 aliphatic carbocycles. The molecule has 1 aliphatic rings. The second-order valence-corrected chi connectivity index (χ2v) is 7.87. The molecule has 118 valence electrons. The number of nitriles is 1. The highest BCUT2D eigenvalue weighted by atomic mass is 32.2. The van der Waals surface area contributed by atoms with Gasteiger partial charge in [0.25, 0.3) is 0 Å². The molecule has 0 radical (unpaired) electrons. The van der Waals surface area contributed by atoms with E-state index in [-0.39, 0.29) is 10.6 Å². The lowest BCUT2D eigenvalue weighted by Gasteiger charge is -2.22. The van der Waals surface area contributed by atoms with Crippen molar-refractivity contribution in [3.8, 4) is 17.5 Å². The zero-order valence-electron chi connectivity index (χ0n) is 12.6. The Morgan fingerprint density at radius 2 is 1.83 bits per heavy atom. The van der Waals surface area contributed by atoms with Gasteiger partial charge >= 0.3 is 0 Å². The van der Waals surface area contributed by atoms with E-state index in [2.05, 4.69) is 9.97 Å². The number of nitrogens with zero attached hydrogens (tertiary/aromatic N) is 3. The Morgan fingerprint density at radius 1 is 1.04 bits per heavy atom. The molecule has 23 heavy (non-hydrogen) atoms. The van der Waals surface area contributed by atoms with Gasteiger partial charge in [0.15, 0.2) is 15.5 Å². The first-order valence-corrected chi connectivity index (χ1v) is 9.24. The number of pyridine rings is 2. The van der Waals surface area contributed by atoms with Gasteiger partial charge in [-0.25, -0.2) is 13.4 Å². The second kappa shape index (κ2) is 6.47. The maximum absolute atomic E-state index is 12.8. The van der Waals surface area contributed by atoms with Crippen molar-refractivity contribution in [3.63, 3.8) is 0 Å². The lowest BCUT2D eigenvalue weighted by molar-refractivity contribution is 0.483. The largest absolute Gasteiger partial charge is 0.255 e. The molecule has 0 amide bonds. The summed E-state index contributed by atoms with van der Waals surface area (Å²) in [5, 5.41) is 8.96. The third-order valence-electron chi connectivity index (χ3n) is 4.19. The lowest BCUT2D eigenvalue weighted by atomic mass is 10.0. The highest BCUT2D eigenvalue weighted by Gasteiger charge is 2.31. The van der Waals surface area contributed by atoms with Crippen molar-refractivity contribution in [2.24, 2.45) is 0 Å². The quantitative estimate of drug-likeness (QED) is 0.865. The summed E-state index contributed by atoms with van der Waals surface area (Å²) in [6.07, 6.45) is 5.88. The topological polar surface area (TPSA) is 83.7 Å². The van der Waals surface area contributed by atoms with E-state index in [4.69, 9.17) is 0 Å². The zero-order chi connectivity index (χ0) is 16.3. The Bertz CT molecular complexity index is 836. The van der Waals surface area contributed by atoms with E-state index in [1.807, 2.05) is 12.1 Å². The zero-order valence-corrected chi connectivity index (χ0v) is 13.5.